The zero-order valence-corrected chi connectivity index (χ0v) is 16.3. The monoisotopic (exact) mass is 382 g/mol. The molecule has 27 heavy (non-hydrogen) atoms. The zero-order valence-electron chi connectivity index (χ0n) is 15.5. The maximum absolute atomic E-state index is 13.1. The number of aryl methyl sites for hydroxylation is 1. The van der Waals surface area contributed by atoms with Crippen molar-refractivity contribution >= 4 is 5.97 Å². The minimum Gasteiger partial charge on any atom is -1.00 e. The average molecular weight is 383 g/mol. The summed E-state index contributed by atoms with van der Waals surface area (Å²) < 4.78 is 10.1. The first kappa shape index (κ1) is 19.2. The molecule has 5 heteroatoms. The number of hydrogen-bond acceptors (Lipinski definition) is 2. The molecule has 140 valence electrons. The molecule has 1 aliphatic rings. The van der Waals surface area contributed by atoms with Gasteiger partial charge in [0.05, 0.1) is 12.7 Å². The number of carbonyl (C=O) groups is 1. The Labute approximate surface area is 165 Å². The fraction of sp³-hybridized carbons (Fsp3) is 0.273. The summed E-state index contributed by atoms with van der Waals surface area (Å²) in [6, 6.07) is 22.0. The Hall–Kier alpha value is -2.59. The van der Waals surface area contributed by atoms with Crippen LogP contribution in [0.25, 0.3) is 0 Å². The molecule has 4 nitrogen and oxygen atoms in total. The summed E-state index contributed by atoms with van der Waals surface area (Å²) in [7, 11) is 2.02. The van der Waals surface area contributed by atoms with Crippen LogP contribution in [0.5, 0.6) is 0 Å². The van der Waals surface area contributed by atoms with E-state index in [0.29, 0.717) is 13.0 Å². The molecule has 0 spiro atoms. The van der Waals surface area contributed by atoms with E-state index in [9.17, 15) is 4.79 Å². The zero-order chi connectivity index (χ0) is 18.1. The standard InChI is InChI=1S/C22H23N2O2.ClH/c1-17-13-14-24(23(17)2)16-20-15-22(21(25)26-20,18-9-5-3-6-10-18)19-11-7-4-8-12-19;/h3-14,20H,15-16H2,1-2H3;1H/q+1;/p-1. The Bertz CT molecular complexity index is 883. The first-order chi connectivity index (χ1) is 12.6. The molecule has 0 radical (unpaired) electrons. The van der Waals surface area contributed by atoms with Crippen molar-refractivity contribution in [2.45, 2.75) is 31.4 Å². The van der Waals surface area contributed by atoms with Gasteiger partial charge in [0.25, 0.3) is 0 Å². The normalized spacial score (nSPS) is 18.0. The lowest BCUT2D eigenvalue weighted by molar-refractivity contribution is -0.778. The van der Waals surface area contributed by atoms with Crippen LogP contribution in [0.3, 0.4) is 0 Å². The third kappa shape index (κ3) is 3.26. The number of halogens is 1. The van der Waals surface area contributed by atoms with Gasteiger partial charge >= 0.3 is 5.97 Å². The molecule has 1 atom stereocenters. The summed E-state index contributed by atoms with van der Waals surface area (Å²) in [4.78, 5) is 13.1. The van der Waals surface area contributed by atoms with Gasteiger partial charge in [-0.3, -0.25) is 4.79 Å². The SMILES string of the molecule is Cc1cc[n+](CC2CC(c3ccccc3)(c3ccccc3)C(=O)O2)n1C.[Cl-]. The van der Waals surface area contributed by atoms with Gasteiger partial charge in [0.15, 0.2) is 12.3 Å². The number of rotatable bonds is 4. The summed E-state index contributed by atoms with van der Waals surface area (Å²) >= 11 is 0. The average Bonchev–Trinajstić information content (AvgIpc) is 3.18. The van der Waals surface area contributed by atoms with E-state index < -0.39 is 5.41 Å². The summed E-state index contributed by atoms with van der Waals surface area (Å²) in [5.74, 6) is -0.161. The molecule has 2 aromatic carbocycles. The van der Waals surface area contributed by atoms with Crippen LogP contribution in [0.1, 0.15) is 23.2 Å². The molecular weight excluding hydrogens is 360 g/mol. The van der Waals surface area contributed by atoms with Crippen LogP contribution >= 0.6 is 0 Å². The lowest BCUT2D eigenvalue weighted by atomic mass is 9.72. The minimum atomic E-state index is -0.742. The highest BCUT2D eigenvalue weighted by molar-refractivity contribution is 5.89. The third-order valence-electron chi connectivity index (χ3n) is 5.46. The van der Waals surface area contributed by atoms with Gasteiger partial charge < -0.3 is 17.1 Å². The number of esters is 1. The first-order valence-electron chi connectivity index (χ1n) is 8.95. The van der Waals surface area contributed by atoms with E-state index in [1.54, 1.807) is 0 Å². The van der Waals surface area contributed by atoms with E-state index in [2.05, 4.69) is 22.4 Å². The van der Waals surface area contributed by atoms with E-state index in [-0.39, 0.29) is 24.5 Å². The molecule has 1 fully saturated rings. The Morgan fingerprint density at radius 1 is 1.04 bits per heavy atom. The molecule has 0 saturated carbocycles. The molecule has 3 aromatic rings. The van der Waals surface area contributed by atoms with Crippen LogP contribution in [-0.4, -0.2) is 16.8 Å². The van der Waals surface area contributed by atoms with E-state index in [1.807, 2.05) is 73.9 Å². The lowest BCUT2D eigenvalue weighted by Crippen LogP contribution is -3.00. The maximum Gasteiger partial charge on any atom is 0.321 e. The Morgan fingerprint density at radius 3 is 2.07 bits per heavy atom. The largest absolute Gasteiger partial charge is 1.00 e. The number of cyclic esters (lactones) is 1. The van der Waals surface area contributed by atoms with Gasteiger partial charge in [0.2, 0.25) is 6.54 Å². The Kier molecular flexibility index (Phi) is 5.38. The minimum absolute atomic E-state index is 0. The van der Waals surface area contributed by atoms with Crippen LogP contribution in [-0.2, 0) is 28.5 Å². The molecular formula is C22H23ClN2O2. The van der Waals surface area contributed by atoms with Crippen molar-refractivity contribution < 1.29 is 26.6 Å². The van der Waals surface area contributed by atoms with Crippen molar-refractivity contribution in [3.05, 3.63) is 89.7 Å². The van der Waals surface area contributed by atoms with Gasteiger partial charge in [-0.2, -0.15) is 4.68 Å². The van der Waals surface area contributed by atoms with Gasteiger partial charge in [-0.1, -0.05) is 60.7 Å². The number of ether oxygens (including phenoxy) is 1. The molecule has 1 aliphatic heterocycles. The van der Waals surface area contributed by atoms with Crippen LogP contribution < -0.4 is 17.1 Å². The van der Waals surface area contributed by atoms with Crippen molar-refractivity contribution in [2.24, 2.45) is 7.05 Å². The molecule has 0 amide bonds. The first-order valence-corrected chi connectivity index (χ1v) is 8.95. The fourth-order valence-electron chi connectivity index (χ4n) is 3.90. The molecule has 1 aromatic heterocycles. The second-order valence-corrected chi connectivity index (χ2v) is 6.97. The quantitative estimate of drug-likeness (QED) is 0.467. The third-order valence-corrected chi connectivity index (χ3v) is 5.46. The summed E-state index contributed by atoms with van der Waals surface area (Å²) in [6.45, 7) is 2.72. The van der Waals surface area contributed by atoms with Crippen molar-refractivity contribution in [1.82, 2.24) is 4.68 Å². The highest BCUT2D eigenvalue weighted by Gasteiger charge is 2.52. The number of benzene rings is 2. The van der Waals surface area contributed by atoms with Gasteiger partial charge in [0.1, 0.15) is 5.41 Å². The number of aromatic nitrogens is 2. The number of nitrogens with zero attached hydrogens (tertiary/aromatic N) is 2. The van der Waals surface area contributed by atoms with Gasteiger partial charge in [-0.05, 0) is 18.1 Å². The van der Waals surface area contributed by atoms with Crippen LogP contribution in [0, 0.1) is 6.92 Å². The van der Waals surface area contributed by atoms with Gasteiger partial charge in [-0.15, -0.1) is 4.68 Å². The van der Waals surface area contributed by atoms with Crippen molar-refractivity contribution in [3.63, 3.8) is 0 Å². The predicted molar refractivity (Wildman–Crippen MR) is 98.5 cm³/mol. The molecule has 4 rings (SSSR count). The van der Waals surface area contributed by atoms with Crippen LogP contribution in [0.4, 0.5) is 0 Å². The van der Waals surface area contributed by atoms with E-state index >= 15 is 0 Å². The summed E-state index contributed by atoms with van der Waals surface area (Å²) in [6.07, 6.45) is 2.51. The summed E-state index contributed by atoms with van der Waals surface area (Å²) in [5.41, 5.74) is 2.42. The second kappa shape index (κ2) is 7.57. The van der Waals surface area contributed by atoms with Crippen molar-refractivity contribution in [2.75, 3.05) is 0 Å². The molecule has 0 bridgehead atoms. The number of carbonyl (C=O) groups excluding carboxylic acids is 1. The van der Waals surface area contributed by atoms with E-state index in [1.165, 1.54) is 5.69 Å². The molecule has 2 heterocycles. The van der Waals surface area contributed by atoms with Crippen LogP contribution in [0.2, 0.25) is 0 Å². The fourth-order valence-corrected chi connectivity index (χ4v) is 3.90. The molecule has 0 N–H and O–H groups in total. The highest BCUT2D eigenvalue weighted by Crippen LogP contribution is 2.43. The number of hydrogen-bond donors (Lipinski definition) is 0. The van der Waals surface area contributed by atoms with Gasteiger partial charge in [-0.25, -0.2) is 0 Å². The van der Waals surface area contributed by atoms with Crippen molar-refractivity contribution in [1.29, 1.82) is 0 Å². The van der Waals surface area contributed by atoms with E-state index in [4.69, 9.17) is 4.74 Å². The van der Waals surface area contributed by atoms with E-state index in [0.717, 1.165) is 11.1 Å². The molecule has 1 saturated heterocycles. The summed E-state index contributed by atoms with van der Waals surface area (Å²) in [5, 5.41) is 0. The van der Waals surface area contributed by atoms with Gasteiger partial charge in [0, 0.05) is 12.5 Å². The lowest BCUT2D eigenvalue weighted by Gasteiger charge is -2.26. The van der Waals surface area contributed by atoms with Crippen molar-refractivity contribution in [3.8, 4) is 0 Å². The predicted octanol–water partition coefficient (Wildman–Crippen LogP) is -0.0732. The van der Waals surface area contributed by atoms with Crippen LogP contribution in [0.15, 0.2) is 72.9 Å². The Balaban J connectivity index is 0.00000210. The molecule has 1 unspecified atom stereocenters. The maximum atomic E-state index is 13.1. The Morgan fingerprint density at radius 2 is 1.59 bits per heavy atom. The molecule has 0 aliphatic carbocycles. The second-order valence-electron chi connectivity index (χ2n) is 6.97. The smallest absolute Gasteiger partial charge is 0.321 e. The topological polar surface area (TPSA) is 35.1 Å². The highest BCUT2D eigenvalue weighted by atomic mass is 35.5.